The molecule has 0 amide bonds. The van der Waals surface area contributed by atoms with Crippen LogP contribution in [0.2, 0.25) is 0 Å². The van der Waals surface area contributed by atoms with Crippen LogP contribution in [0.3, 0.4) is 0 Å². The minimum Gasteiger partial charge on any atom is -0.328 e. The summed E-state index contributed by atoms with van der Waals surface area (Å²) in [6, 6.07) is 4.43. The highest BCUT2D eigenvalue weighted by Crippen LogP contribution is 2.29. The lowest BCUT2D eigenvalue weighted by molar-refractivity contribution is 0.247. The molecule has 0 bridgehead atoms. The number of nitrogens with zero attached hydrogens (tertiary/aromatic N) is 1. The molecule has 2 nitrogen and oxygen atoms in total. The topological polar surface area (TPSA) is 29.3 Å². The first kappa shape index (κ1) is 13.4. The van der Waals surface area contributed by atoms with Crippen LogP contribution >= 0.6 is 0 Å². The third-order valence-corrected chi connectivity index (χ3v) is 3.97. The van der Waals surface area contributed by atoms with E-state index in [9.17, 15) is 8.78 Å². The molecule has 2 N–H and O–H groups in total. The maximum Gasteiger partial charge on any atom is 0.159 e. The Bertz CT molecular complexity index is 420. The van der Waals surface area contributed by atoms with Gasteiger partial charge in [-0.1, -0.05) is 6.07 Å². The van der Waals surface area contributed by atoms with Crippen molar-refractivity contribution in [2.45, 2.75) is 32.4 Å². The van der Waals surface area contributed by atoms with Gasteiger partial charge in [0.05, 0.1) is 0 Å². The molecule has 3 atom stereocenters. The summed E-state index contributed by atoms with van der Waals surface area (Å²) in [5, 5.41) is 0. The molecule has 1 saturated heterocycles. The average Bonchev–Trinajstić information content (AvgIpc) is 2.81. The Morgan fingerprint density at radius 1 is 1.28 bits per heavy atom. The predicted octanol–water partition coefficient (Wildman–Crippen LogP) is 2.69. The molecule has 1 heterocycles. The number of likely N-dealkylation sites (tertiary alicyclic amines) is 1. The smallest absolute Gasteiger partial charge is 0.159 e. The second-order valence-electron chi connectivity index (χ2n) is 5.25. The van der Waals surface area contributed by atoms with E-state index in [-0.39, 0.29) is 12.1 Å². The molecule has 0 spiro atoms. The van der Waals surface area contributed by atoms with Crippen LogP contribution in [0.15, 0.2) is 18.2 Å². The van der Waals surface area contributed by atoms with Gasteiger partial charge >= 0.3 is 0 Å². The first-order chi connectivity index (χ1) is 8.49. The van der Waals surface area contributed by atoms with Crippen LogP contribution in [0.25, 0.3) is 0 Å². The molecule has 18 heavy (non-hydrogen) atoms. The van der Waals surface area contributed by atoms with Crippen LogP contribution in [0.1, 0.15) is 31.9 Å². The Kier molecular flexibility index (Phi) is 3.97. The SMILES string of the molecule is CC(N)C1CCN(C(C)c2ccc(F)c(F)c2)C1. The molecule has 1 fully saturated rings. The molecule has 1 aliphatic rings. The molecular weight excluding hydrogens is 234 g/mol. The fraction of sp³-hybridized carbons (Fsp3) is 0.571. The maximum absolute atomic E-state index is 13.2. The van der Waals surface area contributed by atoms with Crippen LogP contribution in [0, 0.1) is 17.6 Å². The van der Waals surface area contributed by atoms with E-state index in [1.807, 2.05) is 13.8 Å². The van der Waals surface area contributed by atoms with E-state index in [0.717, 1.165) is 25.1 Å². The van der Waals surface area contributed by atoms with Gasteiger partial charge in [0.1, 0.15) is 0 Å². The zero-order chi connectivity index (χ0) is 13.3. The van der Waals surface area contributed by atoms with Crippen molar-refractivity contribution < 1.29 is 8.78 Å². The number of benzene rings is 1. The first-order valence-electron chi connectivity index (χ1n) is 6.43. The molecule has 0 aromatic heterocycles. The summed E-state index contributed by atoms with van der Waals surface area (Å²) in [5.74, 6) is -1.07. The van der Waals surface area contributed by atoms with Gasteiger partial charge < -0.3 is 5.73 Å². The second kappa shape index (κ2) is 5.33. The quantitative estimate of drug-likeness (QED) is 0.898. The molecule has 3 unspecified atom stereocenters. The molecule has 0 radical (unpaired) electrons. The summed E-state index contributed by atoms with van der Waals surface area (Å²) < 4.78 is 26.1. The highest BCUT2D eigenvalue weighted by Gasteiger charge is 2.28. The lowest BCUT2D eigenvalue weighted by atomic mass is 10.0. The van der Waals surface area contributed by atoms with Gasteiger partial charge in [0.15, 0.2) is 11.6 Å². The summed E-state index contributed by atoms with van der Waals surface area (Å²) in [6.45, 7) is 5.94. The van der Waals surface area contributed by atoms with Gasteiger partial charge in [0.25, 0.3) is 0 Å². The standard InChI is InChI=1S/C14H20F2N2/c1-9(17)12-5-6-18(8-12)10(2)11-3-4-13(15)14(16)7-11/h3-4,7,9-10,12H,5-6,8,17H2,1-2H3. The molecule has 2 rings (SSSR count). The maximum atomic E-state index is 13.2. The molecule has 1 aromatic carbocycles. The van der Waals surface area contributed by atoms with Crippen molar-refractivity contribution in [1.29, 1.82) is 0 Å². The summed E-state index contributed by atoms with van der Waals surface area (Å²) in [4.78, 5) is 2.28. The normalized spacial score (nSPS) is 24.2. The zero-order valence-electron chi connectivity index (χ0n) is 10.9. The Morgan fingerprint density at radius 3 is 2.56 bits per heavy atom. The fourth-order valence-electron chi connectivity index (χ4n) is 2.58. The van der Waals surface area contributed by atoms with Crippen LogP contribution < -0.4 is 5.73 Å². The summed E-state index contributed by atoms with van der Waals surface area (Å²) in [5.41, 5.74) is 6.73. The lowest BCUT2D eigenvalue weighted by Crippen LogP contribution is -2.31. The van der Waals surface area contributed by atoms with Crippen LogP contribution in [-0.4, -0.2) is 24.0 Å². The van der Waals surface area contributed by atoms with Gasteiger partial charge in [-0.25, -0.2) is 8.78 Å². The lowest BCUT2D eigenvalue weighted by Gasteiger charge is -2.25. The van der Waals surface area contributed by atoms with Crippen molar-refractivity contribution in [2.75, 3.05) is 13.1 Å². The highest BCUT2D eigenvalue weighted by molar-refractivity contribution is 5.21. The summed E-state index contributed by atoms with van der Waals surface area (Å²) in [6.07, 6.45) is 1.08. The molecule has 1 aliphatic heterocycles. The van der Waals surface area contributed by atoms with E-state index in [4.69, 9.17) is 5.73 Å². The Hall–Kier alpha value is -1.00. The minimum atomic E-state index is -0.791. The highest BCUT2D eigenvalue weighted by atomic mass is 19.2. The van der Waals surface area contributed by atoms with E-state index < -0.39 is 11.6 Å². The van der Waals surface area contributed by atoms with Crippen molar-refractivity contribution in [3.8, 4) is 0 Å². The van der Waals surface area contributed by atoms with Gasteiger partial charge in [0.2, 0.25) is 0 Å². The van der Waals surface area contributed by atoms with Crippen molar-refractivity contribution >= 4 is 0 Å². The third kappa shape index (κ3) is 2.70. The van der Waals surface area contributed by atoms with Gasteiger partial charge in [-0.15, -0.1) is 0 Å². The van der Waals surface area contributed by atoms with Crippen molar-refractivity contribution in [1.82, 2.24) is 4.90 Å². The summed E-state index contributed by atoms with van der Waals surface area (Å²) in [7, 11) is 0. The van der Waals surface area contributed by atoms with Crippen molar-refractivity contribution in [2.24, 2.45) is 11.7 Å². The van der Waals surface area contributed by atoms with Gasteiger partial charge in [0, 0.05) is 18.6 Å². The Labute approximate surface area is 107 Å². The number of hydrogen-bond acceptors (Lipinski definition) is 2. The number of nitrogens with two attached hydrogens (primary N) is 1. The van der Waals surface area contributed by atoms with E-state index in [1.54, 1.807) is 6.07 Å². The molecular formula is C14H20F2N2. The average molecular weight is 254 g/mol. The van der Waals surface area contributed by atoms with Gasteiger partial charge in [-0.2, -0.15) is 0 Å². The molecule has 0 aliphatic carbocycles. The number of hydrogen-bond donors (Lipinski definition) is 1. The fourth-order valence-corrected chi connectivity index (χ4v) is 2.58. The molecule has 4 heteroatoms. The first-order valence-corrected chi connectivity index (χ1v) is 6.43. The van der Waals surface area contributed by atoms with Gasteiger partial charge in [-0.3, -0.25) is 4.90 Å². The van der Waals surface area contributed by atoms with Crippen molar-refractivity contribution in [3.63, 3.8) is 0 Å². The Morgan fingerprint density at radius 2 is 2.00 bits per heavy atom. The largest absolute Gasteiger partial charge is 0.328 e. The molecule has 0 saturated carbocycles. The summed E-state index contributed by atoms with van der Waals surface area (Å²) >= 11 is 0. The van der Waals surface area contributed by atoms with Crippen LogP contribution in [0.5, 0.6) is 0 Å². The number of rotatable bonds is 3. The zero-order valence-corrected chi connectivity index (χ0v) is 10.9. The molecule has 100 valence electrons. The predicted molar refractivity (Wildman–Crippen MR) is 68.1 cm³/mol. The van der Waals surface area contributed by atoms with E-state index in [0.29, 0.717) is 5.92 Å². The van der Waals surface area contributed by atoms with E-state index in [1.165, 1.54) is 12.1 Å². The van der Waals surface area contributed by atoms with Crippen molar-refractivity contribution in [3.05, 3.63) is 35.4 Å². The minimum absolute atomic E-state index is 0.101. The van der Waals surface area contributed by atoms with E-state index >= 15 is 0 Å². The third-order valence-electron chi connectivity index (χ3n) is 3.97. The number of halogens is 2. The Balaban J connectivity index is 2.07. The van der Waals surface area contributed by atoms with E-state index in [2.05, 4.69) is 4.90 Å². The van der Waals surface area contributed by atoms with Crippen LogP contribution in [0.4, 0.5) is 8.78 Å². The monoisotopic (exact) mass is 254 g/mol. The second-order valence-corrected chi connectivity index (χ2v) is 5.25. The van der Waals surface area contributed by atoms with Gasteiger partial charge in [-0.05, 0) is 50.4 Å². The molecule has 1 aromatic rings. The van der Waals surface area contributed by atoms with Crippen LogP contribution in [-0.2, 0) is 0 Å².